The number of carbonyl (C=O) groups excluding carboxylic acids is 2. The third-order valence-electron chi connectivity index (χ3n) is 5.51. The van der Waals surface area contributed by atoms with Crippen LogP contribution in [0.2, 0.25) is 0 Å². The van der Waals surface area contributed by atoms with Crippen molar-refractivity contribution in [2.75, 3.05) is 6.16 Å². The maximum Gasteiger partial charge on any atom is 0.192 e. The van der Waals surface area contributed by atoms with Gasteiger partial charge in [-0.1, -0.05) is 61.6 Å². The zero-order valence-electron chi connectivity index (χ0n) is 19.1. The Kier molecular flexibility index (Phi) is 8.34. The molecule has 0 radical (unpaired) electrons. The van der Waals surface area contributed by atoms with Crippen LogP contribution in [-0.2, 0) is 0 Å². The minimum Gasteiger partial charge on any atom is -0.289 e. The number of hydrogen-bond donors (Lipinski definition) is 0. The van der Waals surface area contributed by atoms with Crippen LogP contribution in [0, 0.1) is 41.5 Å². The van der Waals surface area contributed by atoms with Gasteiger partial charge in [0, 0.05) is 19.0 Å². The van der Waals surface area contributed by atoms with E-state index in [9.17, 15) is 9.59 Å². The van der Waals surface area contributed by atoms with Crippen LogP contribution in [0.4, 0.5) is 0 Å². The van der Waals surface area contributed by atoms with E-state index in [-0.39, 0.29) is 11.0 Å². The van der Waals surface area contributed by atoms with Crippen LogP contribution in [-0.4, -0.2) is 17.2 Å². The maximum atomic E-state index is 13.7. The van der Waals surface area contributed by atoms with Crippen LogP contribution < -0.4 is 0 Å². The Morgan fingerprint density at radius 3 is 1.38 bits per heavy atom. The first-order valence-electron chi connectivity index (χ1n) is 10.7. The lowest BCUT2D eigenvalue weighted by atomic mass is 10.0. The van der Waals surface area contributed by atoms with Gasteiger partial charge in [0.25, 0.3) is 0 Å². The third-order valence-corrected chi connectivity index (χ3v) is 7.70. The van der Waals surface area contributed by atoms with Gasteiger partial charge in [0.15, 0.2) is 11.0 Å². The van der Waals surface area contributed by atoms with E-state index in [0.717, 1.165) is 70.2 Å². The lowest BCUT2D eigenvalue weighted by molar-refractivity contribution is 0.105. The summed E-state index contributed by atoms with van der Waals surface area (Å²) < 4.78 is 0. The minimum absolute atomic E-state index is 0.0517. The summed E-state index contributed by atoms with van der Waals surface area (Å²) in [6.45, 7) is 14.2. The molecule has 0 bridgehead atoms. The van der Waals surface area contributed by atoms with Gasteiger partial charge in [0.1, 0.15) is 0 Å². The van der Waals surface area contributed by atoms with E-state index < -0.39 is 7.92 Å². The van der Waals surface area contributed by atoms with Gasteiger partial charge in [0.2, 0.25) is 0 Å². The molecular weight excluding hydrogens is 375 g/mol. The second-order valence-corrected chi connectivity index (χ2v) is 10.5. The molecule has 0 aliphatic carbocycles. The van der Waals surface area contributed by atoms with E-state index in [1.54, 1.807) is 0 Å². The molecule has 3 heteroatoms. The maximum absolute atomic E-state index is 13.7. The van der Waals surface area contributed by atoms with E-state index in [2.05, 4.69) is 31.2 Å². The van der Waals surface area contributed by atoms with Crippen molar-refractivity contribution in [1.82, 2.24) is 0 Å². The van der Waals surface area contributed by atoms with Crippen LogP contribution in [0.25, 0.3) is 0 Å². The van der Waals surface area contributed by atoms with E-state index in [1.165, 1.54) is 0 Å². The van der Waals surface area contributed by atoms with Gasteiger partial charge in [-0.3, -0.25) is 9.59 Å². The molecule has 0 unspecified atom stereocenters. The fraction of sp³-hybridized carbons (Fsp3) is 0.462. The summed E-state index contributed by atoms with van der Waals surface area (Å²) >= 11 is 0. The molecule has 0 aromatic heterocycles. The topological polar surface area (TPSA) is 34.1 Å². The third kappa shape index (κ3) is 5.64. The van der Waals surface area contributed by atoms with Crippen molar-refractivity contribution < 1.29 is 9.59 Å². The van der Waals surface area contributed by atoms with Crippen molar-refractivity contribution in [2.24, 2.45) is 0 Å². The van der Waals surface area contributed by atoms with Crippen LogP contribution in [0.5, 0.6) is 0 Å². The molecule has 2 aromatic rings. The van der Waals surface area contributed by atoms with Crippen molar-refractivity contribution in [3.8, 4) is 0 Å². The summed E-state index contributed by atoms with van der Waals surface area (Å²) in [7, 11) is -1.41. The fourth-order valence-corrected chi connectivity index (χ4v) is 6.67. The van der Waals surface area contributed by atoms with E-state index in [4.69, 9.17) is 0 Å². The molecule has 0 aliphatic heterocycles. The van der Waals surface area contributed by atoms with Crippen LogP contribution in [0.15, 0.2) is 24.3 Å². The molecule has 0 saturated carbocycles. The summed E-state index contributed by atoms with van der Waals surface area (Å²) in [4.78, 5) is 27.3. The molecule has 0 saturated heterocycles. The molecule has 0 atom stereocenters. The fourth-order valence-electron chi connectivity index (χ4n) is 4.30. The quantitative estimate of drug-likeness (QED) is 0.315. The van der Waals surface area contributed by atoms with Crippen LogP contribution >= 0.6 is 7.92 Å². The zero-order chi connectivity index (χ0) is 21.7. The van der Waals surface area contributed by atoms with Crippen molar-refractivity contribution in [3.63, 3.8) is 0 Å². The number of carbonyl (C=O) groups is 2. The van der Waals surface area contributed by atoms with Crippen LogP contribution in [0.3, 0.4) is 0 Å². The number of hydrogen-bond acceptors (Lipinski definition) is 2. The molecular formula is C26H35O2P. The number of benzene rings is 2. The summed E-state index contributed by atoms with van der Waals surface area (Å²) in [6.07, 6.45) is 4.99. The number of aryl methyl sites for hydroxylation is 6. The Hall–Kier alpha value is -1.79. The van der Waals surface area contributed by atoms with E-state index >= 15 is 0 Å². The Balaban J connectivity index is 2.47. The standard InChI is InChI=1S/C26H35O2P/c1-8-9-10-11-12-29(25(27)23-19(4)13-17(2)14-20(23)5)26(28)24-21(6)15-18(3)16-22(24)7/h13-16H,8-12H2,1-7H3. The van der Waals surface area contributed by atoms with Gasteiger partial charge in [-0.25, -0.2) is 0 Å². The first-order chi connectivity index (χ1) is 13.7. The van der Waals surface area contributed by atoms with Crippen molar-refractivity contribution in [3.05, 3.63) is 68.8 Å². The highest BCUT2D eigenvalue weighted by Crippen LogP contribution is 2.46. The highest BCUT2D eigenvalue weighted by atomic mass is 31.1. The lowest BCUT2D eigenvalue weighted by Gasteiger charge is -2.20. The first kappa shape index (κ1) is 23.5. The molecule has 0 N–H and O–H groups in total. The monoisotopic (exact) mass is 410 g/mol. The van der Waals surface area contributed by atoms with E-state index in [1.807, 2.05) is 41.5 Å². The van der Waals surface area contributed by atoms with Crippen LogP contribution in [0.1, 0.15) is 86.7 Å². The summed E-state index contributed by atoms with van der Waals surface area (Å²) in [5.74, 6) is 0. The average molecular weight is 411 g/mol. The second-order valence-electron chi connectivity index (χ2n) is 8.37. The largest absolute Gasteiger partial charge is 0.289 e. The molecule has 0 fully saturated rings. The molecule has 2 rings (SSSR count). The molecule has 0 spiro atoms. The summed E-state index contributed by atoms with van der Waals surface area (Å²) in [5, 5.41) is 0. The molecule has 2 nitrogen and oxygen atoms in total. The van der Waals surface area contributed by atoms with Gasteiger partial charge in [-0.2, -0.15) is 0 Å². The summed E-state index contributed by atoms with van der Waals surface area (Å²) in [6, 6.07) is 8.21. The lowest BCUT2D eigenvalue weighted by Crippen LogP contribution is -2.14. The van der Waals surface area contributed by atoms with E-state index in [0.29, 0.717) is 6.16 Å². The number of unbranched alkanes of at least 4 members (excludes halogenated alkanes) is 3. The Morgan fingerprint density at radius 1 is 0.655 bits per heavy atom. The summed E-state index contributed by atoms with van der Waals surface area (Å²) in [5.41, 5.74) is 7.86. The second kappa shape index (κ2) is 10.3. The Bertz CT molecular complexity index is 795. The number of rotatable bonds is 9. The predicted molar refractivity (Wildman–Crippen MR) is 126 cm³/mol. The van der Waals surface area contributed by atoms with Gasteiger partial charge in [0.05, 0.1) is 0 Å². The predicted octanol–water partition coefficient (Wildman–Crippen LogP) is 7.58. The average Bonchev–Trinajstić information content (AvgIpc) is 2.59. The Labute approximate surface area is 177 Å². The van der Waals surface area contributed by atoms with Gasteiger partial charge >= 0.3 is 0 Å². The highest BCUT2D eigenvalue weighted by Gasteiger charge is 2.31. The normalized spacial score (nSPS) is 11.2. The van der Waals surface area contributed by atoms with Crippen molar-refractivity contribution >= 4 is 19.0 Å². The highest BCUT2D eigenvalue weighted by molar-refractivity contribution is 7.90. The minimum atomic E-state index is -1.41. The molecule has 0 amide bonds. The van der Waals surface area contributed by atoms with Crippen molar-refractivity contribution in [1.29, 1.82) is 0 Å². The molecule has 2 aromatic carbocycles. The smallest absolute Gasteiger partial charge is 0.192 e. The molecule has 0 aliphatic rings. The van der Waals surface area contributed by atoms with Gasteiger partial charge < -0.3 is 0 Å². The zero-order valence-corrected chi connectivity index (χ0v) is 20.0. The van der Waals surface area contributed by atoms with Gasteiger partial charge in [-0.15, -0.1) is 0 Å². The SMILES string of the molecule is CCCCCCP(C(=O)c1c(C)cc(C)cc1C)C(=O)c1c(C)cc(C)cc1C. The first-order valence-corrected chi connectivity index (χ1v) is 12.2. The molecule has 156 valence electrons. The Morgan fingerprint density at radius 2 is 1.03 bits per heavy atom. The molecule has 29 heavy (non-hydrogen) atoms. The van der Waals surface area contributed by atoms with Crippen molar-refractivity contribution in [2.45, 2.75) is 74.1 Å². The molecule has 0 heterocycles. The van der Waals surface area contributed by atoms with Gasteiger partial charge in [-0.05, 0) is 76.4 Å².